The molecule has 1 aromatic carbocycles. The fraction of sp³-hybridized carbons (Fsp3) is 0.571. The lowest BCUT2D eigenvalue weighted by Gasteiger charge is -2.29. The van der Waals surface area contributed by atoms with Gasteiger partial charge in [0.25, 0.3) is 0 Å². The summed E-state index contributed by atoms with van der Waals surface area (Å²) in [6.45, 7) is 2.17. The maximum atomic E-state index is 9.94. The van der Waals surface area contributed by atoms with Crippen molar-refractivity contribution in [1.82, 2.24) is 4.90 Å². The van der Waals surface area contributed by atoms with Gasteiger partial charge < -0.3 is 20.6 Å². The molecule has 1 saturated heterocycles. The highest BCUT2D eigenvalue weighted by molar-refractivity contribution is 9.10. The average molecular weight is 328 g/mol. The second kappa shape index (κ2) is 6.22. The molecular weight excluding hydrogens is 306 g/mol. The highest BCUT2D eigenvalue weighted by Gasteiger charge is 2.31. The first-order chi connectivity index (χ1) is 8.99. The predicted octanol–water partition coefficient (Wildman–Crippen LogP) is 1.41. The van der Waals surface area contributed by atoms with Crippen molar-refractivity contribution in [1.29, 1.82) is 0 Å². The number of hydrogen-bond acceptors (Lipinski definition) is 4. The van der Waals surface area contributed by atoms with E-state index in [1.54, 1.807) is 0 Å². The molecule has 4 nitrogen and oxygen atoms in total. The molecule has 3 N–H and O–H groups in total. The zero-order valence-corrected chi connectivity index (χ0v) is 13.1. The van der Waals surface area contributed by atoms with Crippen molar-refractivity contribution in [3.8, 4) is 0 Å². The van der Waals surface area contributed by atoms with Crippen LogP contribution < -0.4 is 10.6 Å². The number of nitrogens with two attached hydrogens (primary N) is 1. The molecule has 0 radical (unpaired) electrons. The Hall–Kier alpha value is -0.620. The number of likely N-dealkylation sites (N-methyl/N-ethyl adjacent to an activating group) is 1. The van der Waals surface area contributed by atoms with Crippen LogP contribution in [0.5, 0.6) is 0 Å². The van der Waals surface area contributed by atoms with Crippen molar-refractivity contribution in [2.75, 3.05) is 32.1 Å². The summed E-state index contributed by atoms with van der Waals surface area (Å²) in [6.07, 6.45) is 0.577. The third-order valence-corrected chi connectivity index (χ3v) is 3.94. The van der Waals surface area contributed by atoms with Gasteiger partial charge in [-0.2, -0.15) is 0 Å². The van der Waals surface area contributed by atoms with Crippen LogP contribution in [0.25, 0.3) is 0 Å². The first-order valence-corrected chi connectivity index (χ1v) is 7.38. The van der Waals surface area contributed by atoms with Gasteiger partial charge >= 0.3 is 0 Å². The smallest absolute Gasteiger partial charge is 0.0735 e. The van der Waals surface area contributed by atoms with Gasteiger partial charge in [-0.25, -0.2) is 0 Å². The number of nitrogens with zero attached hydrogens (tertiary/aromatic N) is 2. The van der Waals surface area contributed by atoms with Gasteiger partial charge in [0.15, 0.2) is 0 Å². The summed E-state index contributed by atoms with van der Waals surface area (Å²) in [7, 11) is 4.13. The van der Waals surface area contributed by atoms with Crippen LogP contribution in [0.3, 0.4) is 0 Å². The molecule has 5 heteroatoms. The Morgan fingerprint density at radius 2 is 2.16 bits per heavy atom. The molecule has 0 spiro atoms. The van der Waals surface area contributed by atoms with Gasteiger partial charge in [-0.3, -0.25) is 0 Å². The lowest BCUT2D eigenvalue weighted by Crippen LogP contribution is -2.37. The van der Waals surface area contributed by atoms with Crippen molar-refractivity contribution in [2.24, 2.45) is 5.73 Å². The first kappa shape index (κ1) is 14.8. The summed E-state index contributed by atoms with van der Waals surface area (Å²) in [5, 5.41) is 9.94. The van der Waals surface area contributed by atoms with Crippen LogP contribution in [-0.4, -0.2) is 49.3 Å². The second-order valence-electron chi connectivity index (χ2n) is 5.48. The number of rotatable bonds is 4. The Morgan fingerprint density at radius 1 is 1.42 bits per heavy atom. The quantitative estimate of drug-likeness (QED) is 0.878. The van der Waals surface area contributed by atoms with Crippen LogP contribution in [0.4, 0.5) is 5.69 Å². The topological polar surface area (TPSA) is 52.7 Å². The first-order valence-electron chi connectivity index (χ1n) is 6.58. The van der Waals surface area contributed by atoms with Crippen molar-refractivity contribution in [3.05, 3.63) is 28.2 Å². The van der Waals surface area contributed by atoms with E-state index in [1.807, 2.05) is 6.07 Å². The molecule has 2 unspecified atom stereocenters. The Kier molecular flexibility index (Phi) is 4.84. The molecule has 19 heavy (non-hydrogen) atoms. The van der Waals surface area contributed by atoms with Gasteiger partial charge in [-0.1, -0.05) is 15.9 Å². The van der Waals surface area contributed by atoms with Crippen molar-refractivity contribution in [2.45, 2.75) is 25.1 Å². The number of benzene rings is 1. The van der Waals surface area contributed by atoms with Crippen molar-refractivity contribution in [3.63, 3.8) is 0 Å². The minimum Gasteiger partial charge on any atom is -0.391 e. The molecule has 0 bridgehead atoms. The standard InChI is InChI=1S/C14H22BrN3O/c1-17(2)8-13-6-14(19)9-18(13)12-4-10(7-16)3-11(15)5-12/h3-5,13-14,19H,6-9,16H2,1-2H3. The molecule has 1 aliphatic rings. The lowest BCUT2D eigenvalue weighted by atomic mass is 10.1. The molecular formula is C14H22BrN3O. The lowest BCUT2D eigenvalue weighted by molar-refractivity contribution is 0.191. The highest BCUT2D eigenvalue weighted by atomic mass is 79.9. The number of β-amino-alcohol motifs (C(OH)–C–C–N with tert-alkyl or cyclic N) is 1. The van der Waals surface area contributed by atoms with Gasteiger partial charge in [0.2, 0.25) is 0 Å². The highest BCUT2D eigenvalue weighted by Crippen LogP contribution is 2.29. The predicted molar refractivity (Wildman–Crippen MR) is 82.3 cm³/mol. The molecule has 106 valence electrons. The monoisotopic (exact) mass is 327 g/mol. The Bertz CT molecular complexity index is 439. The van der Waals surface area contributed by atoms with E-state index in [9.17, 15) is 5.11 Å². The minimum absolute atomic E-state index is 0.245. The summed E-state index contributed by atoms with van der Waals surface area (Å²) in [4.78, 5) is 4.45. The van der Waals surface area contributed by atoms with Crippen LogP contribution in [0, 0.1) is 0 Å². The normalized spacial score (nSPS) is 23.4. The largest absolute Gasteiger partial charge is 0.391 e. The van der Waals surface area contributed by atoms with Crippen LogP contribution >= 0.6 is 15.9 Å². The fourth-order valence-corrected chi connectivity index (χ4v) is 3.25. The molecule has 2 rings (SSSR count). The molecule has 1 aliphatic heterocycles. The van der Waals surface area contributed by atoms with Crippen LogP contribution in [-0.2, 0) is 6.54 Å². The number of aliphatic hydroxyl groups excluding tert-OH is 1. The summed E-state index contributed by atoms with van der Waals surface area (Å²) in [6, 6.07) is 6.60. The molecule has 0 aromatic heterocycles. The number of hydrogen-bond donors (Lipinski definition) is 2. The Morgan fingerprint density at radius 3 is 2.79 bits per heavy atom. The summed E-state index contributed by atoms with van der Waals surface area (Å²) < 4.78 is 1.04. The van der Waals surface area contributed by atoms with E-state index in [0.717, 1.165) is 28.7 Å². The summed E-state index contributed by atoms with van der Waals surface area (Å²) >= 11 is 3.53. The van der Waals surface area contributed by atoms with E-state index in [0.29, 0.717) is 19.1 Å². The second-order valence-corrected chi connectivity index (χ2v) is 6.40. The molecule has 1 fully saturated rings. The van der Waals surface area contributed by atoms with Crippen LogP contribution in [0.1, 0.15) is 12.0 Å². The van der Waals surface area contributed by atoms with E-state index in [1.165, 1.54) is 0 Å². The number of aliphatic hydroxyl groups is 1. The van der Waals surface area contributed by atoms with Gasteiger partial charge in [0.1, 0.15) is 0 Å². The van der Waals surface area contributed by atoms with E-state index < -0.39 is 0 Å². The maximum Gasteiger partial charge on any atom is 0.0735 e. The number of anilines is 1. The zero-order chi connectivity index (χ0) is 14.0. The molecule has 1 heterocycles. The third-order valence-electron chi connectivity index (χ3n) is 3.48. The SMILES string of the molecule is CN(C)CC1CC(O)CN1c1cc(Br)cc(CN)c1. The molecule has 0 amide bonds. The Labute approximate surface area is 123 Å². The average Bonchev–Trinajstić information content (AvgIpc) is 2.68. The van der Waals surface area contributed by atoms with E-state index in [-0.39, 0.29) is 6.10 Å². The number of halogens is 1. The van der Waals surface area contributed by atoms with E-state index in [2.05, 4.69) is 52.0 Å². The van der Waals surface area contributed by atoms with Crippen LogP contribution in [0.15, 0.2) is 22.7 Å². The van der Waals surface area contributed by atoms with Gasteiger partial charge in [-0.05, 0) is 44.3 Å². The molecule has 0 aliphatic carbocycles. The van der Waals surface area contributed by atoms with Gasteiger partial charge in [0, 0.05) is 35.8 Å². The molecule has 2 atom stereocenters. The minimum atomic E-state index is -0.245. The third kappa shape index (κ3) is 3.69. The molecule has 1 aromatic rings. The Balaban J connectivity index is 2.25. The maximum absolute atomic E-state index is 9.94. The van der Waals surface area contributed by atoms with E-state index >= 15 is 0 Å². The van der Waals surface area contributed by atoms with Crippen LogP contribution in [0.2, 0.25) is 0 Å². The van der Waals surface area contributed by atoms with E-state index in [4.69, 9.17) is 5.73 Å². The summed E-state index contributed by atoms with van der Waals surface area (Å²) in [5.74, 6) is 0. The zero-order valence-electron chi connectivity index (χ0n) is 11.5. The molecule has 0 saturated carbocycles. The van der Waals surface area contributed by atoms with Gasteiger partial charge in [-0.15, -0.1) is 0 Å². The fourth-order valence-electron chi connectivity index (χ4n) is 2.72. The van der Waals surface area contributed by atoms with Gasteiger partial charge in [0.05, 0.1) is 6.10 Å². The van der Waals surface area contributed by atoms with Crippen molar-refractivity contribution < 1.29 is 5.11 Å². The van der Waals surface area contributed by atoms with Crippen molar-refractivity contribution >= 4 is 21.6 Å². The summed E-state index contributed by atoms with van der Waals surface area (Å²) in [5.41, 5.74) is 7.98.